The fourth-order valence-electron chi connectivity index (χ4n) is 6.98. The topological polar surface area (TPSA) is 237 Å². The van der Waals surface area contributed by atoms with Crippen LogP contribution >= 0.6 is 0 Å². The summed E-state index contributed by atoms with van der Waals surface area (Å²) in [4.78, 5) is 104. The number of carbonyl (C=O) groups is 8. The minimum Gasteiger partial charge on any atom is -0.370 e. The fraction of sp³-hybridized carbons (Fsp3) is 0.463. The number of carbonyl (C=O) groups excluding carboxylic acids is 8. The Morgan fingerprint density at radius 3 is 2.00 bits per heavy atom. The van der Waals surface area contributed by atoms with Crippen LogP contribution < -0.4 is 32.7 Å². The highest BCUT2D eigenvalue weighted by Gasteiger charge is 2.32. The van der Waals surface area contributed by atoms with Crippen molar-refractivity contribution < 1.29 is 38.4 Å². The lowest BCUT2D eigenvalue weighted by Crippen LogP contribution is -2.55. The van der Waals surface area contributed by atoms with E-state index in [0.29, 0.717) is 36.0 Å². The first kappa shape index (κ1) is 42.1. The van der Waals surface area contributed by atoms with E-state index in [1.165, 1.54) is 0 Å². The van der Waals surface area contributed by atoms with E-state index < -0.39 is 65.3 Å². The highest BCUT2D eigenvalue weighted by molar-refractivity contribution is 6.09. The number of primary amides is 2. The maximum Gasteiger partial charge on any atom is 0.244 e. The maximum atomic E-state index is 14.1. The molecule has 2 aliphatic rings. The Bertz CT molecular complexity index is 1720. The van der Waals surface area contributed by atoms with Gasteiger partial charge < -0.3 is 32.7 Å². The number of rotatable bonds is 10. The second-order valence-corrected chi connectivity index (χ2v) is 14.4. The normalized spacial score (nSPS) is 22.7. The summed E-state index contributed by atoms with van der Waals surface area (Å²) in [6.07, 6.45) is 7.42. The minimum absolute atomic E-state index is 0.0688. The molecular weight excluding hydrogens is 704 g/mol. The highest BCUT2D eigenvalue weighted by atomic mass is 16.2. The largest absolute Gasteiger partial charge is 0.370 e. The summed E-state index contributed by atoms with van der Waals surface area (Å²) in [5, 5.41) is 11.0. The number of allylic oxidation sites excluding steroid dienone is 1. The van der Waals surface area contributed by atoms with Gasteiger partial charge in [-0.25, -0.2) is 0 Å². The zero-order valence-electron chi connectivity index (χ0n) is 31.1. The monoisotopic (exact) mass is 756 g/mol. The lowest BCUT2D eigenvalue weighted by atomic mass is 9.84. The molecule has 0 saturated heterocycles. The third-order valence-electron chi connectivity index (χ3n) is 10.1. The number of benzene rings is 2. The first-order chi connectivity index (χ1) is 26.4. The van der Waals surface area contributed by atoms with Crippen LogP contribution in [0, 0.1) is 11.8 Å². The molecule has 1 saturated carbocycles. The molecule has 4 atom stereocenters. The standard InChI is InChI=1S/C41H52N6O8/c42-35(49)20-18-30-25-31(48)19-21-36(50)45-32(38(43)52)13-7-8-22-44-40(54)33(47-41(55)34(46-39(30)53)23-26-9-3-1-4-10-26)24-27-14-16-29(17-15-27)37(51)28-11-5-2-6-12-28/h2,5-6,11-12,14-17,19,21,26,30,32-34H,1,3-4,7-10,13,18,20,22-25H2,(H2,42,49)(H2,43,52)(H,44,54)(H,45,50)(H,46,53)(H,47,55)/t30-,32+,33?,34+/m1/s1. The Morgan fingerprint density at radius 2 is 1.33 bits per heavy atom. The van der Waals surface area contributed by atoms with Crippen LogP contribution in [0.15, 0.2) is 66.7 Å². The zero-order valence-corrected chi connectivity index (χ0v) is 31.1. The first-order valence-electron chi connectivity index (χ1n) is 19.1. The van der Waals surface area contributed by atoms with Crippen LogP contribution in [-0.2, 0) is 40.0 Å². The summed E-state index contributed by atoms with van der Waals surface area (Å²) >= 11 is 0. The average Bonchev–Trinajstić information content (AvgIpc) is 3.17. The Kier molecular flexibility index (Phi) is 16.3. The lowest BCUT2D eigenvalue weighted by molar-refractivity contribution is -0.134. The summed E-state index contributed by atoms with van der Waals surface area (Å²) in [6, 6.07) is 12.4. The van der Waals surface area contributed by atoms with E-state index in [-0.39, 0.29) is 50.4 Å². The maximum absolute atomic E-state index is 14.1. The van der Waals surface area contributed by atoms with E-state index in [0.717, 1.165) is 44.3 Å². The molecule has 0 aromatic heterocycles. The van der Waals surface area contributed by atoms with Gasteiger partial charge in [0.1, 0.15) is 18.1 Å². The van der Waals surface area contributed by atoms with E-state index in [4.69, 9.17) is 11.5 Å². The molecule has 14 nitrogen and oxygen atoms in total. The van der Waals surface area contributed by atoms with Gasteiger partial charge in [0.25, 0.3) is 0 Å². The molecular formula is C41H52N6O8. The van der Waals surface area contributed by atoms with E-state index in [1.54, 1.807) is 48.5 Å². The molecule has 55 heavy (non-hydrogen) atoms. The molecule has 2 aromatic carbocycles. The molecule has 8 N–H and O–H groups in total. The molecule has 14 heteroatoms. The predicted octanol–water partition coefficient (Wildman–Crippen LogP) is 2.07. The van der Waals surface area contributed by atoms with Gasteiger partial charge in [0.05, 0.1) is 0 Å². The van der Waals surface area contributed by atoms with E-state index in [2.05, 4.69) is 21.3 Å². The Morgan fingerprint density at radius 1 is 0.673 bits per heavy atom. The molecule has 1 heterocycles. The second kappa shape index (κ2) is 21.3. The van der Waals surface area contributed by atoms with Gasteiger partial charge in [0, 0.05) is 48.9 Å². The Balaban J connectivity index is 1.62. The molecule has 1 aliphatic carbocycles. The summed E-state index contributed by atoms with van der Waals surface area (Å²) in [6.45, 7) is 0.188. The van der Waals surface area contributed by atoms with Crippen molar-refractivity contribution in [3.63, 3.8) is 0 Å². The first-order valence-corrected chi connectivity index (χ1v) is 19.1. The van der Waals surface area contributed by atoms with Crippen molar-refractivity contribution in [3.8, 4) is 0 Å². The number of hydrogen-bond donors (Lipinski definition) is 6. The van der Waals surface area contributed by atoms with Gasteiger partial charge in [0.15, 0.2) is 11.6 Å². The number of hydrogen-bond acceptors (Lipinski definition) is 8. The van der Waals surface area contributed by atoms with Crippen LogP contribution in [-0.4, -0.2) is 71.7 Å². The van der Waals surface area contributed by atoms with Gasteiger partial charge in [-0.3, -0.25) is 38.4 Å². The smallest absolute Gasteiger partial charge is 0.244 e. The molecule has 0 bridgehead atoms. The van der Waals surface area contributed by atoms with Gasteiger partial charge in [-0.1, -0.05) is 86.7 Å². The van der Waals surface area contributed by atoms with E-state index in [1.807, 2.05) is 6.07 Å². The van der Waals surface area contributed by atoms with E-state index in [9.17, 15) is 38.4 Å². The van der Waals surface area contributed by atoms with Crippen LogP contribution in [0.4, 0.5) is 0 Å². The third kappa shape index (κ3) is 13.9. The minimum atomic E-state index is -1.07. The number of ketones is 2. The third-order valence-corrected chi connectivity index (χ3v) is 10.1. The molecule has 2 aromatic rings. The molecule has 1 unspecified atom stereocenters. The molecule has 0 radical (unpaired) electrons. The SMILES string of the molecule is NC(=O)CC[C@@H]1CC(=O)C=CC(=O)N[C@H](C(N)=O)CCCCNC(=O)C(Cc2ccc(C(=O)c3ccccc3)cc2)NC(=O)[C@H](CC2CCCCC2)NC1=O. The quantitative estimate of drug-likeness (QED) is 0.196. The van der Waals surface area contributed by atoms with Crippen molar-refractivity contribution in [2.24, 2.45) is 23.3 Å². The van der Waals surface area contributed by atoms with Gasteiger partial charge in [-0.2, -0.15) is 0 Å². The second-order valence-electron chi connectivity index (χ2n) is 14.4. The molecule has 4 rings (SSSR count). The van der Waals surface area contributed by atoms with Crippen LogP contribution in [0.2, 0.25) is 0 Å². The number of amides is 6. The van der Waals surface area contributed by atoms with Crippen molar-refractivity contribution in [2.45, 2.75) is 102 Å². The fourth-order valence-corrected chi connectivity index (χ4v) is 6.98. The van der Waals surface area contributed by atoms with Gasteiger partial charge in [-0.05, 0) is 49.7 Å². The number of nitrogens with two attached hydrogens (primary N) is 2. The van der Waals surface area contributed by atoms with Crippen molar-refractivity contribution in [1.29, 1.82) is 0 Å². The molecule has 294 valence electrons. The van der Waals surface area contributed by atoms with Crippen molar-refractivity contribution in [1.82, 2.24) is 21.3 Å². The molecule has 0 spiro atoms. The zero-order chi connectivity index (χ0) is 39.7. The van der Waals surface area contributed by atoms with Crippen LogP contribution in [0.1, 0.15) is 98.5 Å². The highest BCUT2D eigenvalue weighted by Crippen LogP contribution is 2.28. The van der Waals surface area contributed by atoms with Crippen LogP contribution in [0.3, 0.4) is 0 Å². The van der Waals surface area contributed by atoms with Gasteiger partial charge in [0.2, 0.25) is 35.4 Å². The summed E-state index contributed by atoms with van der Waals surface area (Å²) in [5.74, 6) is -5.57. The predicted molar refractivity (Wildman–Crippen MR) is 204 cm³/mol. The van der Waals surface area contributed by atoms with Crippen molar-refractivity contribution in [2.75, 3.05) is 6.54 Å². The lowest BCUT2D eigenvalue weighted by Gasteiger charge is -2.29. The van der Waals surface area contributed by atoms with Crippen LogP contribution in [0.5, 0.6) is 0 Å². The summed E-state index contributed by atoms with van der Waals surface area (Å²) in [7, 11) is 0. The number of nitrogens with one attached hydrogen (secondary N) is 4. The summed E-state index contributed by atoms with van der Waals surface area (Å²) in [5.41, 5.74) is 12.5. The van der Waals surface area contributed by atoms with Crippen molar-refractivity contribution >= 4 is 47.0 Å². The van der Waals surface area contributed by atoms with E-state index >= 15 is 0 Å². The Labute approximate surface area is 321 Å². The molecule has 1 aliphatic heterocycles. The average molecular weight is 757 g/mol. The van der Waals surface area contributed by atoms with Crippen LogP contribution in [0.25, 0.3) is 0 Å². The molecule has 6 amide bonds. The summed E-state index contributed by atoms with van der Waals surface area (Å²) < 4.78 is 0. The van der Waals surface area contributed by atoms with Crippen molar-refractivity contribution in [3.05, 3.63) is 83.4 Å². The Hall–Kier alpha value is -5.66. The van der Waals surface area contributed by atoms with Gasteiger partial charge in [-0.15, -0.1) is 0 Å². The van der Waals surface area contributed by atoms with Gasteiger partial charge >= 0.3 is 0 Å². The molecule has 1 fully saturated rings.